The Kier molecular flexibility index (Phi) is 6.04. The normalized spacial score (nSPS) is 19.9. The number of hydrogen-bond acceptors (Lipinski definition) is 6. The molecule has 1 atom stereocenters. The number of nitrogens with one attached hydrogen (secondary N) is 1. The lowest BCUT2D eigenvalue weighted by Gasteiger charge is -2.35. The highest BCUT2D eigenvalue weighted by Gasteiger charge is 2.33. The Bertz CT molecular complexity index is 964. The fourth-order valence-corrected chi connectivity index (χ4v) is 4.45. The lowest BCUT2D eigenvalue weighted by Crippen LogP contribution is -2.42. The maximum Gasteiger partial charge on any atom is 0.276 e. The van der Waals surface area contributed by atoms with E-state index >= 15 is 0 Å². The fourth-order valence-electron chi connectivity index (χ4n) is 4.45. The van der Waals surface area contributed by atoms with Gasteiger partial charge in [0.15, 0.2) is 5.69 Å². The highest BCUT2D eigenvalue weighted by atomic mass is 16.5. The molecule has 8 heteroatoms. The van der Waals surface area contributed by atoms with E-state index in [1.165, 1.54) is 0 Å². The first kappa shape index (κ1) is 20.8. The summed E-state index contributed by atoms with van der Waals surface area (Å²) in [5.41, 5.74) is 1.88. The summed E-state index contributed by atoms with van der Waals surface area (Å²) in [7, 11) is 0. The van der Waals surface area contributed by atoms with E-state index in [1.54, 1.807) is 11.0 Å². The first-order valence-electron chi connectivity index (χ1n) is 11.1. The van der Waals surface area contributed by atoms with Gasteiger partial charge >= 0.3 is 0 Å². The molecule has 4 heterocycles. The largest absolute Gasteiger partial charge is 0.361 e. The molecule has 0 bridgehead atoms. The summed E-state index contributed by atoms with van der Waals surface area (Å²) in [6.07, 6.45) is 5.16. The van der Waals surface area contributed by atoms with Crippen LogP contribution in [0, 0.1) is 0 Å². The van der Waals surface area contributed by atoms with E-state index in [4.69, 9.17) is 9.51 Å². The quantitative estimate of drug-likeness (QED) is 0.810. The zero-order valence-electron chi connectivity index (χ0n) is 18.1. The number of carbonyl (C=O) groups is 1. The van der Waals surface area contributed by atoms with E-state index < -0.39 is 0 Å². The van der Waals surface area contributed by atoms with Gasteiger partial charge in [0.25, 0.3) is 11.5 Å². The number of carbonyl (C=O) groups excluding carboxylic acids is 1. The van der Waals surface area contributed by atoms with Gasteiger partial charge in [-0.15, -0.1) is 0 Å². The molecule has 2 aromatic rings. The molecule has 1 N–H and O–H groups in total. The van der Waals surface area contributed by atoms with Gasteiger partial charge in [-0.2, -0.15) is 0 Å². The number of aryl methyl sites for hydroxylation is 1. The third-order valence-corrected chi connectivity index (χ3v) is 6.20. The smallest absolute Gasteiger partial charge is 0.276 e. The van der Waals surface area contributed by atoms with Gasteiger partial charge in [0.1, 0.15) is 11.6 Å². The van der Waals surface area contributed by atoms with Crippen LogP contribution in [0.4, 0.5) is 0 Å². The van der Waals surface area contributed by atoms with Crippen LogP contribution in [0.25, 0.3) is 0 Å². The Labute approximate surface area is 176 Å². The van der Waals surface area contributed by atoms with Gasteiger partial charge in [-0.05, 0) is 39.5 Å². The minimum absolute atomic E-state index is 0.0787. The number of nitrogens with zero attached hydrogens (tertiary/aromatic N) is 4. The summed E-state index contributed by atoms with van der Waals surface area (Å²) in [5, 5.41) is 3.99. The summed E-state index contributed by atoms with van der Waals surface area (Å²) >= 11 is 0. The van der Waals surface area contributed by atoms with Gasteiger partial charge in [0.2, 0.25) is 0 Å². The van der Waals surface area contributed by atoms with E-state index in [1.807, 2.05) is 0 Å². The van der Waals surface area contributed by atoms with Crippen molar-refractivity contribution < 1.29 is 9.32 Å². The third-order valence-electron chi connectivity index (χ3n) is 6.20. The molecule has 0 aliphatic carbocycles. The van der Waals surface area contributed by atoms with Crippen molar-refractivity contribution in [3.63, 3.8) is 0 Å². The van der Waals surface area contributed by atoms with Crippen LogP contribution in [0.15, 0.2) is 15.4 Å². The summed E-state index contributed by atoms with van der Waals surface area (Å²) in [6, 6.07) is 1.89. The van der Waals surface area contributed by atoms with Crippen LogP contribution in [0.5, 0.6) is 0 Å². The number of fused-ring (bicyclic) bond motifs is 1. The number of aromatic amines is 1. The van der Waals surface area contributed by atoms with Crippen LogP contribution >= 0.6 is 0 Å². The molecule has 1 unspecified atom stereocenters. The Hall–Kier alpha value is -2.48. The second-order valence-electron chi connectivity index (χ2n) is 8.63. The van der Waals surface area contributed by atoms with Gasteiger partial charge in [0, 0.05) is 44.6 Å². The number of amides is 1. The minimum Gasteiger partial charge on any atom is -0.361 e. The standard InChI is InChI=1S/C22H31N5O3/c1-4-7-15-12-18(25-30-15)22(29)27-10-6-5-8-19(27)20-23-17-9-11-26(14(2)3)13-16(17)21(28)24-20/h12,14,19H,4-11,13H2,1-3H3,(H,23,24,28). The molecule has 30 heavy (non-hydrogen) atoms. The molecular formula is C22H31N5O3. The van der Waals surface area contributed by atoms with Crippen LogP contribution < -0.4 is 5.56 Å². The van der Waals surface area contributed by atoms with Crippen molar-refractivity contribution in [1.82, 2.24) is 24.9 Å². The Morgan fingerprint density at radius 3 is 2.93 bits per heavy atom. The van der Waals surface area contributed by atoms with Gasteiger partial charge in [-0.3, -0.25) is 14.5 Å². The summed E-state index contributed by atoms with van der Waals surface area (Å²) in [5.74, 6) is 1.17. The van der Waals surface area contributed by atoms with Crippen molar-refractivity contribution in [3.8, 4) is 0 Å². The van der Waals surface area contributed by atoms with Crippen molar-refractivity contribution >= 4 is 5.91 Å². The van der Waals surface area contributed by atoms with Gasteiger partial charge in [0.05, 0.1) is 17.3 Å². The van der Waals surface area contributed by atoms with Gasteiger partial charge in [-0.25, -0.2) is 4.98 Å². The molecule has 0 saturated carbocycles. The minimum atomic E-state index is -0.237. The van der Waals surface area contributed by atoms with E-state index in [0.29, 0.717) is 30.6 Å². The molecule has 1 amide bonds. The second kappa shape index (κ2) is 8.71. The average molecular weight is 414 g/mol. The SMILES string of the molecule is CCCc1cc(C(=O)N2CCCCC2c2nc3c(c(=O)[nH]2)CN(C(C)C)CC3)no1. The number of H-pyrrole nitrogens is 1. The summed E-state index contributed by atoms with van der Waals surface area (Å²) in [4.78, 5) is 37.9. The molecular weight excluding hydrogens is 382 g/mol. The molecule has 0 spiro atoms. The highest BCUT2D eigenvalue weighted by Crippen LogP contribution is 2.30. The predicted octanol–water partition coefficient (Wildman–Crippen LogP) is 2.84. The lowest BCUT2D eigenvalue weighted by molar-refractivity contribution is 0.0588. The molecule has 2 aliphatic heterocycles. The van der Waals surface area contributed by atoms with Crippen LogP contribution in [-0.4, -0.2) is 50.0 Å². The molecule has 2 aliphatic rings. The van der Waals surface area contributed by atoms with Crippen molar-refractivity contribution in [1.29, 1.82) is 0 Å². The summed E-state index contributed by atoms with van der Waals surface area (Å²) < 4.78 is 5.31. The number of hydrogen-bond donors (Lipinski definition) is 1. The van der Waals surface area contributed by atoms with Gasteiger partial charge < -0.3 is 14.4 Å². The number of rotatable bonds is 5. The zero-order valence-corrected chi connectivity index (χ0v) is 18.1. The molecule has 1 saturated heterocycles. The molecule has 0 radical (unpaired) electrons. The van der Waals surface area contributed by atoms with Crippen molar-refractivity contribution in [2.75, 3.05) is 13.1 Å². The van der Waals surface area contributed by atoms with Crippen LogP contribution in [0.2, 0.25) is 0 Å². The molecule has 0 aromatic carbocycles. The topological polar surface area (TPSA) is 95.3 Å². The Balaban J connectivity index is 1.61. The van der Waals surface area contributed by atoms with Crippen LogP contribution in [0.3, 0.4) is 0 Å². The zero-order chi connectivity index (χ0) is 21.3. The fraction of sp³-hybridized carbons (Fsp3) is 0.636. The number of aromatic nitrogens is 3. The molecule has 1 fully saturated rings. The lowest BCUT2D eigenvalue weighted by atomic mass is 9.99. The van der Waals surface area contributed by atoms with Gasteiger partial charge in [-0.1, -0.05) is 12.1 Å². The predicted molar refractivity (Wildman–Crippen MR) is 112 cm³/mol. The van der Waals surface area contributed by atoms with E-state index in [0.717, 1.165) is 62.1 Å². The number of likely N-dealkylation sites (tertiary alicyclic amines) is 1. The summed E-state index contributed by atoms with van der Waals surface area (Å²) in [6.45, 7) is 8.49. The molecule has 162 valence electrons. The monoisotopic (exact) mass is 413 g/mol. The van der Waals surface area contributed by atoms with Crippen molar-refractivity contribution in [2.45, 2.75) is 77.9 Å². The second-order valence-corrected chi connectivity index (χ2v) is 8.63. The maximum atomic E-state index is 13.2. The van der Waals surface area contributed by atoms with E-state index in [-0.39, 0.29) is 17.5 Å². The van der Waals surface area contributed by atoms with E-state index in [2.05, 4.69) is 35.8 Å². The first-order chi connectivity index (χ1) is 14.5. The maximum absolute atomic E-state index is 13.2. The van der Waals surface area contributed by atoms with Crippen LogP contribution in [-0.2, 0) is 19.4 Å². The van der Waals surface area contributed by atoms with Crippen LogP contribution in [0.1, 0.15) is 85.8 Å². The number of piperidine rings is 1. The molecule has 4 rings (SSSR count). The van der Waals surface area contributed by atoms with E-state index in [9.17, 15) is 9.59 Å². The van der Waals surface area contributed by atoms with Crippen molar-refractivity contribution in [2.24, 2.45) is 0 Å². The Morgan fingerprint density at radius 1 is 1.33 bits per heavy atom. The molecule has 2 aromatic heterocycles. The Morgan fingerprint density at radius 2 is 2.17 bits per heavy atom. The first-order valence-corrected chi connectivity index (χ1v) is 11.1. The average Bonchev–Trinajstić information content (AvgIpc) is 3.22. The van der Waals surface area contributed by atoms with Crippen molar-refractivity contribution in [3.05, 3.63) is 45.0 Å². The highest BCUT2D eigenvalue weighted by molar-refractivity contribution is 5.92. The molecule has 8 nitrogen and oxygen atoms in total. The third kappa shape index (κ3) is 4.05.